The van der Waals surface area contributed by atoms with Crippen molar-refractivity contribution in [3.8, 4) is 45.9 Å². The summed E-state index contributed by atoms with van der Waals surface area (Å²) in [6.45, 7) is -0.118. The van der Waals surface area contributed by atoms with E-state index in [9.17, 15) is 0 Å². The molecule has 5 heterocycles. The molecule has 0 aliphatic carbocycles. The first-order chi connectivity index (χ1) is 24.3. The first-order valence-corrected chi connectivity index (χ1v) is 16.4. The summed E-state index contributed by atoms with van der Waals surface area (Å²) in [7, 11) is 0. The molecule has 3 aromatic heterocycles. The number of para-hydroxylation sites is 4. The van der Waals surface area contributed by atoms with Gasteiger partial charge in [-0.2, -0.15) is 0 Å². The van der Waals surface area contributed by atoms with E-state index >= 15 is 0 Å². The van der Waals surface area contributed by atoms with Crippen LogP contribution in [-0.2, 0) is 0 Å². The van der Waals surface area contributed by atoms with Crippen molar-refractivity contribution in [1.82, 2.24) is 19.1 Å². The summed E-state index contributed by atoms with van der Waals surface area (Å²) in [5, 5.41) is 2.28. The van der Waals surface area contributed by atoms with Gasteiger partial charge in [-0.15, -0.1) is 0 Å². The average Bonchev–Trinajstić information content (AvgIpc) is 3.70. The second-order valence-corrected chi connectivity index (χ2v) is 12.6. The van der Waals surface area contributed by atoms with E-state index in [-0.39, 0.29) is 6.71 Å². The Morgan fingerprint density at radius 1 is 0.510 bits per heavy atom. The van der Waals surface area contributed by atoms with Crippen LogP contribution in [0.5, 0.6) is 23.0 Å². The van der Waals surface area contributed by atoms with Crippen LogP contribution in [-0.4, -0.2) is 25.8 Å². The quantitative estimate of drug-likeness (QED) is 0.187. The van der Waals surface area contributed by atoms with E-state index in [0.29, 0.717) is 0 Å². The van der Waals surface area contributed by atoms with Crippen LogP contribution >= 0.6 is 0 Å². The van der Waals surface area contributed by atoms with Crippen molar-refractivity contribution in [2.75, 3.05) is 0 Å². The Hall–Kier alpha value is -6.60. The summed E-state index contributed by atoms with van der Waals surface area (Å²) >= 11 is 0. The van der Waals surface area contributed by atoms with Crippen LogP contribution in [0.1, 0.15) is 0 Å². The van der Waals surface area contributed by atoms with Crippen LogP contribution in [0.15, 0.2) is 152 Å². The van der Waals surface area contributed by atoms with Gasteiger partial charge in [0.05, 0.1) is 22.1 Å². The minimum absolute atomic E-state index is 0.118. The number of hydrogen-bond acceptors (Lipinski definition) is 4. The molecule has 0 unspecified atom stereocenters. The third-order valence-corrected chi connectivity index (χ3v) is 9.90. The number of imidazole rings is 1. The Morgan fingerprint density at radius 2 is 1.27 bits per heavy atom. The van der Waals surface area contributed by atoms with Gasteiger partial charge in [-0.1, -0.05) is 66.7 Å². The largest absolute Gasteiger partial charge is 0.458 e. The van der Waals surface area contributed by atoms with Crippen molar-refractivity contribution >= 4 is 55.9 Å². The highest BCUT2D eigenvalue weighted by Crippen LogP contribution is 2.39. The smallest absolute Gasteiger partial charge is 0.260 e. The molecule has 0 amide bonds. The molecule has 0 atom stereocenters. The average molecular weight is 629 g/mol. The van der Waals surface area contributed by atoms with Crippen LogP contribution in [0.25, 0.3) is 55.7 Å². The van der Waals surface area contributed by atoms with Crippen LogP contribution in [0.3, 0.4) is 0 Å². The maximum atomic E-state index is 6.72. The van der Waals surface area contributed by atoms with Gasteiger partial charge in [0.2, 0.25) is 0 Å². The Bertz CT molecular complexity index is 2790. The summed E-state index contributed by atoms with van der Waals surface area (Å²) in [6, 6.07) is 50.3. The van der Waals surface area contributed by atoms with Gasteiger partial charge >= 0.3 is 0 Å². The minimum atomic E-state index is -0.118. The van der Waals surface area contributed by atoms with Crippen LogP contribution in [0, 0.1) is 0 Å². The van der Waals surface area contributed by atoms with E-state index < -0.39 is 0 Å². The molecule has 2 aliphatic rings. The molecule has 0 saturated heterocycles. The fourth-order valence-electron chi connectivity index (χ4n) is 7.82. The fourth-order valence-corrected chi connectivity index (χ4v) is 7.82. The van der Waals surface area contributed by atoms with Crippen molar-refractivity contribution in [2.45, 2.75) is 0 Å². The lowest BCUT2D eigenvalue weighted by Crippen LogP contribution is -2.57. The van der Waals surface area contributed by atoms with E-state index in [4.69, 9.17) is 19.4 Å². The maximum absolute atomic E-state index is 6.72. The van der Waals surface area contributed by atoms with E-state index in [1.165, 1.54) is 0 Å². The molecule has 0 spiro atoms. The molecule has 6 aromatic carbocycles. The van der Waals surface area contributed by atoms with Crippen molar-refractivity contribution in [1.29, 1.82) is 0 Å². The van der Waals surface area contributed by atoms with Gasteiger partial charge in [-0.25, -0.2) is 9.97 Å². The summed E-state index contributed by atoms with van der Waals surface area (Å²) in [5.41, 5.74) is 9.48. The summed E-state index contributed by atoms with van der Waals surface area (Å²) in [6.07, 6.45) is 1.85. The van der Waals surface area contributed by atoms with E-state index in [1.807, 2.05) is 48.7 Å². The zero-order valence-corrected chi connectivity index (χ0v) is 26.1. The molecule has 0 saturated carbocycles. The summed E-state index contributed by atoms with van der Waals surface area (Å²) in [4.78, 5) is 9.95. The van der Waals surface area contributed by atoms with Crippen molar-refractivity contribution < 1.29 is 9.47 Å². The van der Waals surface area contributed by atoms with Gasteiger partial charge < -0.3 is 9.47 Å². The molecule has 0 fully saturated rings. The number of ether oxygens (including phenoxy) is 2. The van der Waals surface area contributed by atoms with Gasteiger partial charge in [-0.3, -0.25) is 9.13 Å². The number of benzene rings is 6. The van der Waals surface area contributed by atoms with Crippen molar-refractivity contribution in [3.63, 3.8) is 0 Å². The summed E-state index contributed by atoms with van der Waals surface area (Å²) < 4.78 is 17.8. The molecule has 2 aliphatic heterocycles. The van der Waals surface area contributed by atoms with Gasteiger partial charge in [0.1, 0.15) is 34.6 Å². The molecule has 0 radical (unpaired) electrons. The van der Waals surface area contributed by atoms with Crippen molar-refractivity contribution in [2.24, 2.45) is 0 Å². The Labute approximate surface area is 281 Å². The predicted molar refractivity (Wildman–Crippen MR) is 196 cm³/mol. The number of fused-ring (bicyclic) bond motifs is 8. The Morgan fingerprint density at radius 3 is 2.12 bits per heavy atom. The molecule has 0 N–H and O–H groups in total. The molecular weight excluding hydrogens is 603 g/mol. The first kappa shape index (κ1) is 26.5. The highest BCUT2D eigenvalue weighted by molar-refractivity contribution is 6.98. The second-order valence-electron chi connectivity index (χ2n) is 12.6. The van der Waals surface area contributed by atoms with E-state index in [0.717, 1.165) is 95.1 Å². The monoisotopic (exact) mass is 628 g/mol. The fraction of sp³-hybridized carbons (Fsp3) is 0. The molecule has 6 nitrogen and oxygen atoms in total. The lowest BCUT2D eigenvalue weighted by atomic mass is 9.34. The van der Waals surface area contributed by atoms with Gasteiger partial charge in [-0.05, 0) is 89.8 Å². The van der Waals surface area contributed by atoms with Gasteiger partial charge in [0.25, 0.3) is 6.71 Å². The highest BCUT2D eigenvalue weighted by atomic mass is 16.5. The Balaban J connectivity index is 1.18. The molecule has 0 bridgehead atoms. The minimum Gasteiger partial charge on any atom is -0.458 e. The molecular formula is C42H25BN4O2. The maximum Gasteiger partial charge on any atom is 0.260 e. The number of hydrogen-bond donors (Lipinski definition) is 0. The SMILES string of the molecule is c1ccc(-n2c(-c3ccc4c(c3)B3c5cc6c(cc5Oc5cccc(c53)O4)c3ccccc3n6-c3ccccn3)nc3ccccc32)cc1. The number of aromatic nitrogens is 4. The first-order valence-electron chi connectivity index (χ1n) is 16.4. The molecule has 49 heavy (non-hydrogen) atoms. The molecule has 11 rings (SSSR count). The van der Waals surface area contributed by atoms with Crippen LogP contribution in [0.2, 0.25) is 0 Å². The standard InChI is InChI=1S/C42H25BN4O2/c1-2-11-27(12-3-1)46-34-16-7-5-14-32(34)45-42(46)26-20-21-36-30(23-26)43-31-25-35-29(24-39(31)49-38-18-10-17-37(48-36)41(38)43)28-13-4-6-15-33(28)47(35)40-19-8-9-22-44-40/h1-25H. The molecule has 228 valence electrons. The zero-order chi connectivity index (χ0) is 32.1. The van der Waals surface area contributed by atoms with Crippen LogP contribution < -0.4 is 25.9 Å². The van der Waals surface area contributed by atoms with Gasteiger partial charge in [0, 0.05) is 33.7 Å². The normalized spacial score (nSPS) is 12.8. The highest BCUT2D eigenvalue weighted by Gasteiger charge is 2.41. The van der Waals surface area contributed by atoms with E-state index in [2.05, 4.69) is 112 Å². The third-order valence-electron chi connectivity index (χ3n) is 9.90. The van der Waals surface area contributed by atoms with Gasteiger partial charge in [0.15, 0.2) is 0 Å². The second kappa shape index (κ2) is 9.95. The number of pyridine rings is 1. The van der Waals surface area contributed by atoms with E-state index in [1.54, 1.807) is 0 Å². The lowest BCUT2D eigenvalue weighted by Gasteiger charge is -2.33. The predicted octanol–water partition coefficient (Wildman–Crippen LogP) is 7.91. The lowest BCUT2D eigenvalue weighted by molar-refractivity contribution is 0.465. The number of nitrogens with zero attached hydrogens (tertiary/aromatic N) is 4. The Kier molecular flexibility index (Phi) is 5.38. The van der Waals surface area contributed by atoms with Crippen molar-refractivity contribution in [3.05, 3.63) is 152 Å². The van der Waals surface area contributed by atoms with Crippen LogP contribution in [0.4, 0.5) is 0 Å². The molecule has 7 heteroatoms. The topological polar surface area (TPSA) is 54.1 Å². The zero-order valence-electron chi connectivity index (χ0n) is 26.1. The molecule has 9 aromatic rings. The third kappa shape index (κ3) is 3.78. The summed E-state index contributed by atoms with van der Waals surface area (Å²) in [5.74, 6) is 5.07. The number of rotatable bonds is 3.